The minimum Gasteiger partial charge on any atom is -0.323 e. The summed E-state index contributed by atoms with van der Waals surface area (Å²) in [5, 5.41) is 3.41. The number of hydrogen-bond donors (Lipinski definition) is 1. The van der Waals surface area contributed by atoms with Gasteiger partial charge in [0.25, 0.3) is 0 Å². The van der Waals surface area contributed by atoms with Gasteiger partial charge >= 0.3 is 0 Å². The van der Waals surface area contributed by atoms with E-state index in [1.807, 2.05) is 0 Å². The highest BCUT2D eigenvalue weighted by Gasteiger charge is 2.49. The lowest BCUT2D eigenvalue weighted by molar-refractivity contribution is -0.131. The van der Waals surface area contributed by atoms with Gasteiger partial charge in [0.15, 0.2) is 0 Å². The van der Waals surface area contributed by atoms with Gasteiger partial charge < -0.3 is 4.90 Å². The van der Waals surface area contributed by atoms with Crippen molar-refractivity contribution in [2.24, 2.45) is 17.8 Å². The van der Waals surface area contributed by atoms with Crippen LogP contribution in [0.25, 0.3) is 0 Å². The summed E-state index contributed by atoms with van der Waals surface area (Å²) < 4.78 is 0. The molecule has 0 bridgehead atoms. The van der Waals surface area contributed by atoms with E-state index in [9.17, 15) is 4.79 Å². The van der Waals surface area contributed by atoms with Crippen molar-refractivity contribution >= 4 is 5.91 Å². The molecule has 3 rings (SSSR count). The average molecular weight is 236 g/mol. The molecule has 1 N–H and O–H groups in total. The fraction of sp³-hybridized carbons (Fsp3) is 0.929. The molecule has 0 aromatic rings. The largest absolute Gasteiger partial charge is 0.323 e. The first-order valence-corrected chi connectivity index (χ1v) is 7.21. The number of carbonyl (C=O) groups is 1. The zero-order valence-electron chi connectivity index (χ0n) is 11.0. The lowest BCUT2D eigenvalue weighted by Crippen LogP contribution is -2.47. The summed E-state index contributed by atoms with van der Waals surface area (Å²) in [6.45, 7) is 5.05. The predicted octanol–water partition coefficient (Wildman–Crippen LogP) is 1.98. The van der Waals surface area contributed by atoms with Gasteiger partial charge in [-0.3, -0.25) is 10.1 Å². The molecule has 1 heterocycles. The molecule has 3 heteroatoms. The van der Waals surface area contributed by atoms with Crippen LogP contribution in [-0.4, -0.2) is 29.6 Å². The molecule has 0 aromatic carbocycles. The van der Waals surface area contributed by atoms with Gasteiger partial charge in [0, 0.05) is 6.04 Å². The van der Waals surface area contributed by atoms with Crippen LogP contribution in [-0.2, 0) is 4.79 Å². The van der Waals surface area contributed by atoms with Crippen molar-refractivity contribution in [3.05, 3.63) is 0 Å². The molecule has 1 atom stereocenters. The van der Waals surface area contributed by atoms with Crippen molar-refractivity contribution in [2.75, 3.05) is 6.54 Å². The first kappa shape index (κ1) is 11.5. The van der Waals surface area contributed by atoms with E-state index in [1.54, 1.807) is 0 Å². The lowest BCUT2D eigenvalue weighted by Gasteiger charge is -2.34. The van der Waals surface area contributed by atoms with Crippen LogP contribution in [0.4, 0.5) is 0 Å². The summed E-state index contributed by atoms with van der Waals surface area (Å²) in [5.41, 5.74) is 0. The Morgan fingerprint density at radius 2 is 1.82 bits per heavy atom. The molecule has 17 heavy (non-hydrogen) atoms. The Morgan fingerprint density at radius 1 is 1.24 bits per heavy atom. The van der Waals surface area contributed by atoms with E-state index in [0.29, 0.717) is 30.6 Å². The highest BCUT2D eigenvalue weighted by molar-refractivity contribution is 5.81. The van der Waals surface area contributed by atoms with E-state index in [0.717, 1.165) is 18.3 Å². The normalized spacial score (nSPS) is 29.8. The van der Waals surface area contributed by atoms with Crippen molar-refractivity contribution < 1.29 is 4.79 Å². The van der Waals surface area contributed by atoms with Gasteiger partial charge in [-0.25, -0.2) is 0 Å². The minimum absolute atomic E-state index is 0.314. The molecule has 1 amide bonds. The third-order valence-corrected chi connectivity index (χ3v) is 4.34. The maximum absolute atomic E-state index is 12.1. The SMILES string of the molecule is CC(C)CC1NCC(=O)N1C(C1CC1)C1CC1. The van der Waals surface area contributed by atoms with Crippen LogP contribution < -0.4 is 5.32 Å². The Bertz CT molecular complexity index is 295. The highest BCUT2D eigenvalue weighted by Crippen LogP contribution is 2.48. The van der Waals surface area contributed by atoms with Crippen LogP contribution in [0.2, 0.25) is 0 Å². The van der Waals surface area contributed by atoms with E-state index >= 15 is 0 Å². The molecule has 1 unspecified atom stereocenters. The fourth-order valence-electron chi connectivity index (χ4n) is 3.30. The molecular formula is C14H24N2O. The summed E-state index contributed by atoms with van der Waals surface area (Å²) in [6, 6.07) is 0.571. The molecule has 2 aliphatic carbocycles. The van der Waals surface area contributed by atoms with Gasteiger partial charge in [0.2, 0.25) is 5.91 Å². The molecular weight excluding hydrogens is 212 g/mol. The van der Waals surface area contributed by atoms with E-state index in [1.165, 1.54) is 25.7 Å². The van der Waals surface area contributed by atoms with E-state index < -0.39 is 0 Å². The first-order chi connectivity index (χ1) is 8.16. The molecule has 1 saturated heterocycles. The van der Waals surface area contributed by atoms with Crippen LogP contribution in [0, 0.1) is 17.8 Å². The van der Waals surface area contributed by atoms with E-state index in [2.05, 4.69) is 24.1 Å². The molecule has 1 aliphatic heterocycles. The summed E-state index contributed by atoms with van der Waals surface area (Å²) in [4.78, 5) is 14.4. The summed E-state index contributed by atoms with van der Waals surface area (Å²) in [7, 11) is 0. The zero-order chi connectivity index (χ0) is 12.0. The van der Waals surface area contributed by atoms with Gasteiger partial charge in [0.1, 0.15) is 0 Å². The molecule has 0 aromatic heterocycles. The molecule has 96 valence electrons. The average Bonchev–Trinajstić information content (AvgIpc) is 3.12. The third kappa shape index (κ3) is 2.35. The molecule has 3 nitrogen and oxygen atoms in total. The molecule has 3 fully saturated rings. The number of rotatable bonds is 5. The Balaban J connectivity index is 1.74. The van der Waals surface area contributed by atoms with Gasteiger partial charge in [0.05, 0.1) is 12.7 Å². The van der Waals surface area contributed by atoms with Gasteiger partial charge in [-0.1, -0.05) is 13.8 Å². The number of hydrogen-bond acceptors (Lipinski definition) is 2. The fourth-order valence-corrected chi connectivity index (χ4v) is 3.30. The maximum atomic E-state index is 12.1. The highest BCUT2D eigenvalue weighted by atomic mass is 16.2. The summed E-state index contributed by atoms with van der Waals surface area (Å²) >= 11 is 0. The van der Waals surface area contributed by atoms with Crippen LogP contribution in [0.1, 0.15) is 46.0 Å². The second-order valence-electron chi connectivity index (χ2n) is 6.49. The van der Waals surface area contributed by atoms with Crippen molar-refractivity contribution in [3.8, 4) is 0 Å². The van der Waals surface area contributed by atoms with Gasteiger partial charge in [-0.15, -0.1) is 0 Å². The van der Waals surface area contributed by atoms with Crippen molar-refractivity contribution in [1.82, 2.24) is 10.2 Å². The summed E-state index contributed by atoms with van der Waals surface area (Å²) in [5.74, 6) is 2.64. The maximum Gasteiger partial charge on any atom is 0.238 e. The van der Waals surface area contributed by atoms with Crippen molar-refractivity contribution in [2.45, 2.75) is 58.2 Å². The summed E-state index contributed by atoms with van der Waals surface area (Å²) in [6.07, 6.45) is 6.80. The quantitative estimate of drug-likeness (QED) is 0.791. The van der Waals surface area contributed by atoms with E-state index in [-0.39, 0.29) is 0 Å². The second kappa shape index (κ2) is 4.27. The Morgan fingerprint density at radius 3 is 2.29 bits per heavy atom. The molecule has 3 aliphatic rings. The first-order valence-electron chi connectivity index (χ1n) is 7.21. The third-order valence-electron chi connectivity index (χ3n) is 4.34. The lowest BCUT2D eigenvalue weighted by atomic mass is 10.0. The number of nitrogens with zero attached hydrogens (tertiary/aromatic N) is 1. The predicted molar refractivity (Wildman–Crippen MR) is 67.3 cm³/mol. The second-order valence-corrected chi connectivity index (χ2v) is 6.49. The van der Waals surface area contributed by atoms with Crippen LogP contribution in [0.15, 0.2) is 0 Å². The van der Waals surface area contributed by atoms with Crippen LogP contribution in [0.5, 0.6) is 0 Å². The molecule has 2 saturated carbocycles. The van der Waals surface area contributed by atoms with Gasteiger partial charge in [-0.2, -0.15) is 0 Å². The number of amides is 1. The van der Waals surface area contributed by atoms with Crippen LogP contribution >= 0.6 is 0 Å². The number of nitrogens with one attached hydrogen (secondary N) is 1. The smallest absolute Gasteiger partial charge is 0.238 e. The zero-order valence-corrected chi connectivity index (χ0v) is 11.0. The Labute approximate surface area is 104 Å². The Hall–Kier alpha value is -0.570. The van der Waals surface area contributed by atoms with Crippen molar-refractivity contribution in [1.29, 1.82) is 0 Å². The Kier molecular flexibility index (Phi) is 2.89. The van der Waals surface area contributed by atoms with E-state index in [4.69, 9.17) is 0 Å². The van der Waals surface area contributed by atoms with Crippen molar-refractivity contribution in [3.63, 3.8) is 0 Å². The monoisotopic (exact) mass is 236 g/mol. The standard InChI is InChI=1S/C14H24N2O/c1-9(2)7-12-15-8-13(17)16(12)14(10-3-4-10)11-5-6-11/h9-12,14-15H,3-8H2,1-2H3. The van der Waals surface area contributed by atoms with Gasteiger partial charge in [-0.05, 0) is 49.9 Å². The molecule has 0 spiro atoms. The minimum atomic E-state index is 0.314. The number of carbonyl (C=O) groups excluding carboxylic acids is 1. The molecule has 0 radical (unpaired) electrons. The van der Waals surface area contributed by atoms with Crippen LogP contribution in [0.3, 0.4) is 0 Å². The topological polar surface area (TPSA) is 32.3 Å².